The number of fused-ring (bicyclic) bond motifs is 1. The van der Waals surface area contributed by atoms with Crippen molar-refractivity contribution in [2.75, 3.05) is 7.05 Å². The minimum absolute atomic E-state index is 0.0712. The van der Waals surface area contributed by atoms with E-state index in [1.165, 1.54) is 11.8 Å². The second-order valence-electron chi connectivity index (χ2n) is 6.35. The van der Waals surface area contributed by atoms with Crippen LogP contribution in [-0.2, 0) is 18.9 Å². The Labute approximate surface area is 160 Å². The fraction of sp³-hybridized carbons (Fsp3) is 0.150. The number of para-hydroxylation sites is 1. The number of aliphatic imine (C=N–C) groups is 1. The van der Waals surface area contributed by atoms with Crippen LogP contribution in [0.25, 0.3) is 17.1 Å². The summed E-state index contributed by atoms with van der Waals surface area (Å²) in [6.45, 7) is 0. The Kier molecular flexibility index (Phi) is 4.24. The molecule has 7 heteroatoms. The molecule has 27 heavy (non-hydrogen) atoms. The van der Waals surface area contributed by atoms with Crippen LogP contribution in [0.3, 0.4) is 0 Å². The molecule has 3 aromatic rings. The first-order valence-electron chi connectivity index (χ1n) is 8.42. The molecule has 2 aromatic carbocycles. The minimum atomic E-state index is -0.0864. The molecule has 1 aromatic heterocycles. The van der Waals surface area contributed by atoms with Crippen molar-refractivity contribution in [3.63, 3.8) is 0 Å². The van der Waals surface area contributed by atoms with Gasteiger partial charge in [0, 0.05) is 21.1 Å². The van der Waals surface area contributed by atoms with Crippen LogP contribution < -0.4 is 5.69 Å². The van der Waals surface area contributed by atoms with E-state index in [-0.39, 0.29) is 11.6 Å². The van der Waals surface area contributed by atoms with E-state index in [2.05, 4.69) is 4.99 Å². The normalized spacial score (nSPS) is 17.6. The van der Waals surface area contributed by atoms with Crippen molar-refractivity contribution in [3.05, 3.63) is 69.5 Å². The summed E-state index contributed by atoms with van der Waals surface area (Å²) in [6.07, 6.45) is 1.84. The lowest BCUT2D eigenvalue weighted by Crippen LogP contribution is -2.23. The minimum Gasteiger partial charge on any atom is -0.295 e. The van der Waals surface area contributed by atoms with Gasteiger partial charge >= 0.3 is 5.69 Å². The molecule has 0 bridgehead atoms. The first-order chi connectivity index (χ1) is 13.0. The number of carbonyl (C=O) groups is 1. The molecule has 6 nitrogen and oxygen atoms in total. The molecule has 0 unspecified atom stereocenters. The number of benzene rings is 2. The lowest BCUT2D eigenvalue weighted by molar-refractivity contribution is -0.121. The summed E-state index contributed by atoms with van der Waals surface area (Å²) in [6, 6.07) is 15.3. The van der Waals surface area contributed by atoms with Crippen molar-refractivity contribution in [1.29, 1.82) is 0 Å². The smallest absolute Gasteiger partial charge is 0.295 e. The van der Waals surface area contributed by atoms with Gasteiger partial charge in [-0.1, -0.05) is 24.3 Å². The van der Waals surface area contributed by atoms with Crippen molar-refractivity contribution < 1.29 is 4.79 Å². The number of aryl methyl sites for hydroxylation is 2. The van der Waals surface area contributed by atoms with Gasteiger partial charge in [0.25, 0.3) is 5.91 Å². The zero-order valence-corrected chi connectivity index (χ0v) is 16.0. The van der Waals surface area contributed by atoms with E-state index >= 15 is 0 Å². The van der Waals surface area contributed by atoms with Gasteiger partial charge in [-0.05, 0) is 47.7 Å². The number of thioether (sulfide) groups is 1. The van der Waals surface area contributed by atoms with Crippen LogP contribution in [0.1, 0.15) is 5.56 Å². The number of aromatic nitrogens is 2. The van der Waals surface area contributed by atoms with E-state index in [1.807, 2.05) is 54.6 Å². The molecule has 0 radical (unpaired) electrons. The first-order valence-corrected chi connectivity index (χ1v) is 9.24. The monoisotopic (exact) mass is 378 g/mol. The maximum atomic E-state index is 12.6. The molecule has 1 amide bonds. The standard InChI is InChI=1S/C20H18N4O2S/c1-22-15-10-9-13(11-16(15)23(2)20(22)26)12-17-18(25)24(3)19(27-17)21-14-7-5-4-6-8-14/h4-12H,1-3H3/b17-12+,21-19?. The highest BCUT2D eigenvalue weighted by Crippen LogP contribution is 2.33. The van der Waals surface area contributed by atoms with E-state index < -0.39 is 0 Å². The number of nitrogens with zero attached hydrogens (tertiary/aromatic N) is 4. The number of rotatable bonds is 2. The third-order valence-electron chi connectivity index (χ3n) is 4.58. The van der Waals surface area contributed by atoms with E-state index in [9.17, 15) is 9.59 Å². The molecule has 4 rings (SSSR count). The average Bonchev–Trinajstić information content (AvgIpc) is 3.06. The molecule has 0 aliphatic carbocycles. The van der Waals surface area contributed by atoms with Crippen molar-refractivity contribution in [2.45, 2.75) is 0 Å². The number of hydrogen-bond donors (Lipinski definition) is 0. The predicted octanol–water partition coefficient (Wildman–Crippen LogP) is 3.11. The van der Waals surface area contributed by atoms with Gasteiger partial charge in [0.1, 0.15) is 0 Å². The van der Waals surface area contributed by atoms with Gasteiger partial charge in [-0.3, -0.25) is 18.8 Å². The van der Waals surface area contributed by atoms with E-state index in [0.29, 0.717) is 10.1 Å². The van der Waals surface area contributed by atoms with Crippen molar-refractivity contribution in [2.24, 2.45) is 19.1 Å². The van der Waals surface area contributed by atoms with Gasteiger partial charge in [0.05, 0.1) is 21.6 Å². The predicted molar refractivity (Wildman–Crippen MR) is 110 cm³/mol. The Morgan fingerprint density at radius 2 is 1.63 bits per heavy atom. The number of imidazole rings is 1. The molecular weight excluding hydrogens is 360 g/mol. The fourth-order valence-electron chi connectivity index (χ4n) is 3.03. The van der Waals surface area contributed by atoms with E-state index in [4.69, 9.17) is 0 Å². The Balaban J connectivity index is 1.71. The quantitative estimate of drug-likeness (QED) is 0.644. The largest absolute Gasteiger partial charge is 0.328 e. The highest BCUT2D eigenvalue weighted by atomic mass is 32.2. The second-order valence-corrected chi connectivity index (χ2v) is 7.36. The van der Waals surface area contributed by atoms with Gasteiger partial charge in [-0.2, -0.15) is 0 Å². The summed E-state index contributed by atoms with van der Waals surface area (Å²) < 4.78 is 3.22. The molecule has 1 aliphatic heterocycles. The molecular formula is C20H18N4O2S. The molecule has 1 fully saturated rings. The molecule has 136 valence electrons. The lowest BCUT2D eigenvalue weighted by atomic mass is 10.2. The number of amides is 1. The van der Waals surface area contributed by atoms with Crippen LogP contribution in [0.5, 0.6) is 0 Å². The fourth-order valence-corrected chi connectivity index (χ4v) is 4.02. The number of amidine groups is 1. The Bertz CT molecular complexity index is 1170. The van der Waals surface area contributed by atoms with Gasteiger partial charge in [0.15, 0.2) is 5.17 Å². The third kappa shape index (κ3) is 3.00. The number of hydrogen-bond acceptors (Lipinski definition) is 4. The summed E-state index contributed by atoms with van der Waals surface area (Å²) in [5.41, 5.74) is 3.30. The van der Waals surface area contributed by atoms with Gasteiger partial charge in [-0.25, -0.2) is 9.79 Å². The van der Waals surface area contributed by atoms with E-state index in [0.717, 1.165) is 22.3 Å². The van der Waals surface area contributed by atoms with Crippen molar-refractivity contribution in [3.8, 4) is 0 Å². The average molecular weight is 378 g/mol. The molecule has 0 spiro atoms. The van der Waals surface area contributed by atoms with Crippen molar-refractivity contribution >= 4 is 45.6 Å². The van der Waals surface area contributed by atoms with Crippen LogP contribution in [0.2, 0.25) is 0 Å². The summed E-state index contributed by atoms with van der Waals surface area (Å²) in [5, 5.41) is 0.644. The summed E-state index contributed by atoms with van der Waals surface area (Å²) in [4.78, 5) is 31.4. The number of likely N-dealkylation sites (N-methyl/N-ethyl adjacent to an activating group) is 1. The Morgan fingerprint density at radius 1 is 0.926 bits per heavy atom. The topological polar surface area (TPSA) is 59.6 Å². The molecule has 1 saturated heterocycles. The number of carbonyl (C=O) groups excluding carboxylic acids is 1. The van der Waals surface area contributed by atoms with Gasteiger partial charge in [-0.15, -0.1) is 0 Å². The van der Waals surface area contributed by atoms with Crippen LogP contribution in [0.15, 0.2) is 63.2 Å². The van der Waals surface area contributed by atoms with Crippen LogP contribution in [0, 0.1) is 0 Å². The molecule has 0 atom stereocenters. The molecule has 1 aliphatic rings. The molecule has 2 heterocycles. The third-order valence-corrected chi connectivity index (χ3v) is 5.64. The molecule has 0 saturated carbocycles. The maximum Gasteiger partial charge on any atom is 0.328 e. The van der Waals surface area contributed by atoms with Gasteiger partial charge < -0.3 is 0 Å². The maximum absolute atomic E-state index is 12.6. The zero-order valence-electron chi connectivity index (χ0n) is 15.2. The second kappa shape index (κ2) is 6.59. The first kappa shape index (κ1) is 17.4. The van der Waals surface area contributed by atoms with Gasteiger partial charge in [0.2, 0.25) is 0 Å². The van der Waals surface area contributed by atoms with Crippen LogP contribution >= 0.6 is 11.8 Å². The Morgan fingerprint density at radius 3 is 2.37 bits per heavy atom. The SMILES string of the molecule is CN1C(=O)/C(=C\c2ccc3c(c2)n(C)c(=O)n3C)SC1=Nc1ccccc1. The van der Waals surface area contributed by atoms with Crippen LogP contribution in [-0.4, -0.2) is 32.2 Å². The molecule has 0 N–H and O–H groups in total. The van der Waals surface area contributed by atoms with Crippen LogP contribution in [0.4, 0.5) is 5.69 Å². The van der Waals surface area contributed by atoms with Crippen molar-refractivity contribution in [1.82, 2.24) is 14.0 Å². The summed E-state index contributed by atoms with van der Waals surface area (Å²) in [5.74, 6) is -0.0864. The lowest BCUT2D eigenvalue weighted by Gasteiger charge is -2.06. The Hall–Kier alpha value is -3.06. The summed E-state index contributed by atoms with van der Waals surface area (Å²) in [7, 11) is 5.22. The van der Waals surface area contributed by atoms with E-state index in [1.54, 1.807) is 35.2 Å². The highest BCUT2D eigenvalue weighted by Gasteiger charge is 2.30. The highest BCUT2D eigenvalue weighted by molar-refractivity contribution is 8.18. The summed E-state index contributed by atoms with van der Waals surface area (Å²) >= 11 is 1.35. The zero-order chi connectivity index (χ0) is 19.1.